The summed E-state index contributed by atoms with van der Waals surface area (Å²) in [5.41, 5.74) is 2.03. The molecule has 0 bridgehead atoms. The minimum atomic E-state index is -0.175. The van der Waals surface area contributed by atoms with Gasteiger partial charge in [-0.25, -0.2) is 0 Å². The molecule has 0 heterocycles. The number of hydrogen-bond acceptors (Lipinski definition) is 3. The van der Waals surface area contributed by atoms with Crippen molar-refractivity contribution in [1.82, 2.24) is 5.32 Å². The zero-order valence-corrected chi connectivity index (χ0v) is 14.6. The molecular weight excluding hydrogens is 326 g/mol. The molecule has 0 aliphatic heterocycles. The number of rotatable bonds is 6. The summed E-state index contributed by atoms with van der Waals surface area (Å²) in [5, 5.41) is 10.9. The highest BCUT2D eigenvalue weighted by atomic mass is 16.2. The molecule has 5 nitrogen and oxygen atoms in total. The Bertz CT molecular complexity index is 932. The van der Waals surface area contributed by atoms with E-state index in [9.17, 15) is 9.59 Å². The molecule has 3 aromatic carbocycles. The summed E-state index contributed by atoms with van der Waals surface area (Å²) in [6, 6.07) is 20.9. The lowest BCUT2D eigenvalue weighted by atomic mass is 10.1. The Morgan fingerprint density at radius 2 is 1.69 bits per heavy atom. The molecule has 26 heavy (non-hydrogen) atoms. The first-order chi connectivity index (χ1) is 12.7. The average Bonchev–Trinajstić information content (AvgIpc) is 2.67. The van der Waals surface area contributed by atoms with Crippen molar-refractivity contribution in [3.63, 3.8) is 0 Å². The quantitative estimate of drug-likeness (QED) is 0.637. The van der Waals surface area contributed by atoms with Crippen LogP contribution < -0.4 is 16.0 Å². The van der Waals surface area contributed by atoms with Crippen LogP contribution in [0.1, 0.15) is 17.3 Å². The Hall–Kier alpha value is -3.34. The van der Waals surface area contributed by atoms with Crippen LogP contribution >= 0.6 is 0 Å². The minimum Gasteiger partial charge on any atom is -0.376 e. The van der Waals surface area contributed by atoms with Crippen molar-refractivity contribution >= 4 is 34.0 Å². The number of anilines is 2. The lowest BCUT2D eigenvalue weighted by Crippen LogP contribution is -2.24. The van der Waals surface area contributed by atoms with Crippen molar-refractivity contribution in [1.29, 1.82) is 0 Å². The number of carbonyl (C=O) groups is 2. The highest BCUT2D eigenvalue weighted by Gasteiger charge is 2.08. The van der Waals surface area contributed by atoms with E-state index >= 15 is 0 Å². The number of hydrogen-bond donors (Lipinski definition) is 3. The van der Waals surface area contributed by atoms with Crippen LogP contribution in [0.15, 0.2) is 66.7 Å². The molecule has 2 amide bonds. The van der Waals surface area contributed by atoms with Crippen molar-refractivity contribution in [2.45, 2.75) is 6.92 Å². The van der Waals surface area contributed by atoms with Crippen LogP contribution in [0, 0.1) is 0 Å². The molecule has 3 N–H and O–H groups in total. The van der Waals surface area contributed by atoms with E-state index in [1.54, 1.807) is 24.3 Å². The van der Waals surface area contributed by atoms with Gasteiger partial charge in [0, 0.05) is 28.9 Å². The van der Waals surface area contributed by atoms with E-state index in [1.165, 1.54) is 0 Å². The van der Waals surface area contributed by atoms with Crippen molar-refractivity contribution in [3.8, 4) is 0 Å². The summed E-state index contributed by atoms with van der Waals surface area (Å²) in [6.45, 7) is 2.56. The molecule has 0 unspecified atom stereocenters. The maximum absolute atomic E-state index is 12.3. The van der Waals surface area contributed by atoms with Crippen LogP contribution in [0.25, 0.3) is 10.8 Å². The standard InChI is InChI=1S/C21H21N3O2/c1-2-22-21(26)16-9-5-10-17(13-16)24-20(25)14-23-19-12-6-8-15-7-3-4-11-18(15)19/h3-13,23H,2,14H2,1H3,(H,22,26)(H,24,25). The molecule has 0 saturated heterocycles. The van der Waals surface area contributed by atoms with Gasteiger partial charge in [0.15, 0.2) is 0 Å². The van der Waals surface area contributed by atoms with E-state index in [0.29, 0.717) is 17.8 Å². The van der Waals surface area contributed by atoms with Gasteiger partial charge in [-0.3, -0.25) is 9.59 Å². The number of carbonyl (C=O) groups excluding carboxylic acids is 2. The number of benzene rings is 3. The molecule has 3 aromatic rings. The second-order valence-electron chi connectivity index (χ2n) is 5.87. The van der Waals surface area contributed by atoms with Crippen LogP contribution in [0.4, 0.5) is 11.4 Å². The van der Waals surface area contributed by atoms with Crippen molar-refractivity contribution in [2.24, 2.45) is 0 Å². The van der Waals surface area contributed by atoms with Crippen LogP contribution in [0.3, 0.4) is 0 Å². The van der Waals surface area contributed by atoms with E-state index in [2.05, 4.69) is 16.0 Å². The molecule has 0 atom stereocenters. The first kappa shape index (κ1) is 17.5. The molecule has 132 valence electrons. The zero-order chi connectivity index (χ0) is 18.4. The van der Waals surface area contributed by atoms with Crippen LogP contribution in [-0.4, -0.2) is 24.9 Å². The van der Waals surface area contributed by atoms with E-state index < -0.39 is 0 Å². The molecule has 0 aliphatic carbocycles. The fourth-order valence-corrected chi connectivity index (χ4v) is 2.76. The summed E-state index contributed by atoms with van der Waals surface area (Å²) in [7, 11) is 0. The van der Waals surface area contributed by atoms with Gasteiger partial charge in [-0.15, -0.1) is 0 Å². The SMILES string of the molecule is CCNC(=O)c1cccc(NC(=O)CNc2cccc3ccccc23)c1. The summed E-state index contributed by atoms with van der Waals surface area (Å²) in [6.07, 6.45) is 0. The Morgan fingerprint density at radius 1 is 0.923 bits per heavy atom. The molecule has 3 rings (SSSR count). The van der Waals surface area contributed by atoms with E-state index in [1.807, 2.05) is 49.4 Å². The van der Waals surface area contributed by atoms with E-state index in [0.717, 1.165) is 16.5 Å². The molecule has 0 aromatic heterocycles. The van der Waals surface area contributed by atoms with Gasteiger partial charge in [-0.1, -0.05) is 42.5 Å². The fourth-order valence-electron chi connectivity index (χ4n) is 2.76. The molecule has 0 fully saturated rings. The number of fused-ring (bicyclic) bond motifs is 1. The number of nitrogens with one attached hydrogen (secondary N) is 3. The van der Waals surface area contributed by atoms with Crippen molar-refractivity contribution in [3.05, 3.63) is 72.3 Å². The smallest absolute Gasteiger partial charge is 0.251 e. The molecular formula is C21H21N3O2. The first-order valence-electron chi connectivity index (χ1n) is 8.57. The third-order valence-electron chi connectivity index (χ3n) is 3.97. The third-order valence-corrected chi connectivity index (χ3v) is 3.97. The summed E-state index contributed by atoms with van der Waals surface area (Å²) in [4.78, 5) is 24.1. The molecule has 0 saturated carbocycles. The Labute approximate surface area is 152 Å². The first-order valence-corrected chi connectivity index (χ1v) is 8.57. The van der Waals surface area contributed by atoms with E-state index in [-0.39, 0.29) is 18.4 Å². The predicted molar refractivity (Wildman–Crippen MR) is 106 cm³/mol. The Kier molecular flexibility index (Phi) is 5.49. The number of amides is 2. The average molecular weight is 347 g/mol. The normalized spacial score (nSPS) is 10.3. The minimum absolute atomic E-state index is 0.138. The van der Waals surface area contributed by atoms with Gasteiger partial charge in [0.1, 0.15) is 0 Å². The van der Waals surface area contributed by atoms with Gasteiger partial charge in [0.05, 0.1) is 6.54 Å². The molecule has 0 radical (unpaired) electrons. The molecule has 0 spiro atoms. The van der Waals surface area contributed by atoms with Crippen molar-refractivity contribution < 1.29 is 9.59 Å². The topological polar surface area (TPSA) is 70.2 Å². The predicted octanol–water partition coefficient (Wildman–Crippen LogP) is 3.64. The van der Waals surface area contributed by atoms with Gasteiger partial charge >= 0.3 is 0 Å². The summed E-state index contributed by atoms with van der Waals surface area (Å²) < 4.78 is 0. The maximum atomic E-state index is 12.3. The summed E-state index contributed by atoms with van der Waals surface area (Å²) >= 11 is 0. The Balaban J connectivity index is 1.64. The van der Waals surface area contributed by atoms with Gasteiger partial charge in [-0.2, -0.15) is 0 Å². The van der Waals surface area contributed by atoms with Gasteiger partial charge in [-0.05, 0) is 36.6 Å². The fraction of sp³-hybridized carbons (Fsp3) is 0.143. The van der Waals surface area contributed by atoms with E-state index in [4.69, 9.17) is 0 Å². The van der Waals surface area contributed by atoms with Crippen LogP contribution in [-0.2, 0) is 4.79 Å². The lowest BCUT2D eigenvalue weighted by Gasteiger charge is -2.11. The van der Waals surface area contributed by atoms with Gasteiger partial charge < -0.3 is 16.0 Å². The monoisotopic (exact) mass is 347 g/mol. The maximum Gasteiger partial charge on any atom is 0.251 e. The summed E-state index contributed by atoms with van der Waals surface area (Å²) in [5.74, 6) is -0.330. The highest BCUT2D eigenvalue weighted by molar-refractivity contribution is 5.99. The van der Waals surface area contributed by atoms with Crippen LogP contribution in [0.5, 0.6) is 0 Å². The largest absolute Gasteiger partial charge is 0.376 e. The lowest BCUT2D eigenvalue weighted by molar-refractivity contribution is -0.114. The Morgan fingerprint density at radius 3 is 2.54 bits per heavy atom. The zero-order valence-electron chi connectivity index (χ0n) is 14.6. The van der Waals surface area contributed by atoms with Crippen molar-refractivity contribution in [2.75, 3.05) is 23.7 Å². The van der Waals surface area contributed by atoms with Crippen LogP contribution in [0.2, 0.25) is 0 Å². The third kappa shape index (κ3) is 4.19. The van der Waals surface area contributed by atoms with Gasteiger partial charge in [0.25, 0.3) is 5.91 Å². The second kappa shape index (κ2) is 8.16. The van der Waals surface area contributed by atoms with Gasteiger partial charge in [0.2, 0.25) is 5.91 Å². The second-order valence-corrected chi connectivity index (χ2v) is 5.87. The molecule has 0 aliphatic rings. The highest BCUT2D eigenvalue weighted by Crippen LogP contribution is 2.22. The molecule has 5 heteroatoms.